The molecule has 3 saturated heterocycles. The van der Waals surface area contributed by atoms with Crippen LogP contribution in [-0.4, -0.2) is 62.9 Å². The Balaban J connectivity index is 0.00000348. The number of aliphatic hydroxyl groups is 1. The third kappa shape index (κ3) is 3.86. The average molecular weight is 700 g/mol. The van der Waals surface area contributed by atoms with E-state index in [-0.39, 0.29) is 71.1 Å². The second kappa shape index (κ2) is 9.98. The van der Waals surface area contributed by atoms with E-state index in [1.807, 2.05) is 0 Å². The summed E-state index contributed by atoms with van der Waals surface area (Å²) in [6.45, 7) is 21.9. The number of fused-ring (bicyclic) bond motifs is 12. The van der Waals surface area contributed by atoms with Crippen LogP contribution in [0.2, 0.25) is 0 Å². The van der Waals surface area contributed by atoms with E-state index in [9.17, 15) is 9.90 Å². The van der Waals surface area contributed by atoms with Crippen molar-refractivity contribution >= 4 is 16.7 Å². The lowest BCUT2D eigenvalue weighted by molar-refractivity contribution is -0.361. The standard InChI is InChI=1S/C43H57NO6.CH4/c1-21(2)17-30-48-34-27-20-42(27)29(47-36(34)39(7,8)49-30)14-15-40(9)41(10)22(13-16-43(40,42)46)18-25-31-24-19-26-32(38(5,6)50-37(26,3)4)33(45)23(24)11-12-28(31)44-35(25)41;/h11-12,17,22,26-27,29-30,32,34,36,44,46H,13-16,18-20H2,1-10H3;1H4/t22-,26-,27+,29?,30-,32-,34-,36-,40+,41+,42-,43-;/m0./s1. The SMILES string of the molecule is C.CC(C)=C[C@H]1O[C@H]2[C@H]3C[C@@]34C(CC[C@@]3(C)[C@@]4(O)CC[C@H]4Cc5c([nH]c6ccc7c(c56)C[C@H]5[C@@H](C7=O)C(C)(C)OC5(C)C)[C@@]43C)O[C@@H]2C(C)(C)O1. The first-order chi connectivity index (χ1) is 23.3. The van der Waals surface area contributed by atoms with Gasteiger partial charge in [0.15, 0.2) is 12.1 Å². The first kappa shape index (κ1) is 34.7. The number of aromatic amines is 1. The Morgan fingerprint density at radius 1 is 0.902 bits per heavy atom. The summed E-state index contributed by atoms with van der Waals surface area (Å²) in [5.41, 5.74) is 3.94. The van der Waals surface area contributed by atoms with Crippen molar-refractivity contribution < 1.29 is 28.8 Å². The second-order valence-corrected chi connectivity index (χ2v) is 20.2. The molecule has 1 aromatic heterocycles. The number of ether oxygens (including phenoxy) is 4. The molecular formula is C44H61NO6. The minimum Gasteiger partial charge on any atom is -0.389 e. The maximum absolute atomic E-state index is 14.3. The van der Waals surface area contributed by atoms with Crippen molar-refractivity contribution in [2.75, 3.05) is 0 Å². The lowest BCUT2D eigenvalue weighted by Crippen LogP contribution is -2.74. The number of H-pyrrole nitrogens is 1. The molecule has 4 heterocycles. The zero-order chi connectivity index (χ0) is 35.3. The number of hydrogen-bond acceptors (Lipinski definition) is 6. The summed E-state index contributed by atoms with van der Waals surface area (Å²) in [6, 6.07) is 4.23. The quantitative estimate of drug-likeness (QED) is 0.291. The molecule has 278 valence electrons. The Hall–Kier alpha value is -2.03. The van der Waals surface area contributed by atoms with E-state index in [2.05, 4.69) is 92.4 Å². The van der Waals surface area contributed by atoms with Gasteiger partial charge in [0.2, 0.25) is 0 Å². The van der Waals surface area contributed by atoms with E-state index in [4.69, 9.17) is 18.9 Å². The Kier molecular flexibility index (Phi) is 6.80. The number of ketones is 1. The van der Waals surface area contributed by atoms with Gasteiger partial charge in [-0.15, -0.1) is 0 Å². The van der Waals surface area contributed by atoms with Crippen molar-refractivity contribution in [3.8, 4) is 0 Å². The molecule has 7 nitrogen and oxygen atoms in total. The zero-order valence-electron chi connectivity index (χ0n) is 31.8. The van der Waals surface area contributed by atoms with E-state index >= 15 is 0 Å². The van der Waals surface area contributed by atoms with Gasteiger partial charge >= 0.3 is 0 Å². The van der Waals surface area contributed by atoms with Gasteiger partial charge in [0.05, 0.1) is 40.5 Å². The van der Waals surface area contributed by atoms with Gasteiger partial charge in [-0.3, -0.25) is 4.79 Å². The Bertz CT molecular complexity index is 1900. The van der Waals surface area contributed by atoms with Gasteiger partial charge in [-0.2, -0.15) is 0 Å². The number of allylic oxidation sites excluding steroid dienone is 1. The highest BCUT2D eigenvalue weighted by molar-refractivity contribution is 6.06. The molecule has 51 heavy (non-hydrogen) atoms. The fraction of sp³-hybridized carbons (Fsp3) is 0.750. The molecule has 2 N–H and O–H groups in total. The van der Waals surface area contributed by atoms with Crippen LogP contribution >= 0.6 is 0 Å². The van der Waals surface area contributed by atoms with E-state index in [0.29, 0.717) is 5.92 Å². The van der Waals surface area contributed by atoms with Crippen molar-refractivity contribution in [3.63, 3.8) is 0 Å². The number of nitrogens with one attached hydrogen (secondary N) is 1. The summed E-state index contributed by atoms with van der Waals surface area (Å²) in [4.78, 5) is 18.3. The van der Waals surface area contributed by atoms with E-state index in [1.165, 1.54) is 27.8 Å². The summed E-state index contributed by atoms with van der Waals surface area (Å²) in [7, 11) is 0. The summed E-state index contributed by atoms with van der Waals surface area (Å²) in [6.07, 6.45) is 7.79. The molecule has 3 aliphatic heterocycles. The predicted molar refractivity (Wildman–Crippen MR) is 198 cm³/mol. The van der Waals surface area contributed by atoms with Crippen molar-refractivity contribution in [1.82, 2.24) is 4.98 Å². The van der Waals surface area contributed by atoms with Crippen LogP contribution in [0.3, 0.4) is 0 Å². The summed E-state index contributed by atoms with van der Waals surface area (Å²) in [5, 5.41) is 14.8. The van der Waals surface area contributed by atoms with Crippen molar-refractivity contribution in [1.29, 1.82) is 0 Å². The highest BCUT2D eigenvalue weighted by Crippen LogP contribution is 2.81. The zero-order valence-corrected chi connectivity index (χ0v) is 31.8. The van der Waals surface area contributed by atoms with Crippen LogP contribution in [-0.2, 0) is 37.2 Å². The number of hydrogen-bond donors (Lipinski definition) is 2. The number of Topliss-reactive ketones (excluding diaryl/α,β-unsaturated/α-hetero) is 1. The highest BCUT2D eigenvalue weighted by atomic mass is 16.7. The molecule has 8 aliphatic rings. The third-order valence-electron chi connectivity index (χ3n) is 16.6. The normalized spacial score (nSPS) is 47.3. The molecule has 7 heteroatoms. The van der Waals surface area contributed by atoms with Crippen LogP contribution in [0.1, 0.15) is 136 Å². The molecule has 10 rings (SSSR count). The van der Waals surface area contributed by atoms with Gasteiger partial charge in [0.1, 0.15) is 6.10 Å². The topological polar surface area (TPSA) is 90.0 Å². The fourth-order valence-electron chi connectivity index (χ4n) is 14.3. The molecule has 6 fully saturated rings. The third-order valence-corrected chi connectivity index (χ3v) is 16.6. The molecule has 1 unspecified atom stereocenters. The van der Waals surface area contributed by atoms with Crippen LogP contribution in [0.15, 0.2) is 23.8 Å². The summed E-state index contributed by atoms with van der Waals surface area (Å²) in [5.74, 6) is 0.909. The summed E-state index contributed by atoms with van der Waals surface area (Å²) < 4.78 is 26.9. The lowest BCUT2D eigenvalue weighted by atomic mass is 9.40. The number of carbonyl (C=O) groups excluding carboxylic acids is 1. The van der Waals surface area contributed by atoms with Crippen LogP contribution in [0, 0.1) is 34.5 Å². The van der Waals surface area contributed by atoms with Crippen LogP contribution < -0.4 is 0 Å². The van der Waals surface area contributed by atoms with Crippen molar-refractivity contribution in [2.45, 2.75) is 174 Å². The summed E-state index contributed by atoms with van der Waals surface area (Å²) >= 11 is 0. The molecule has 0 radical (unpaired) electrons. The lowest BCUT2D eigenvalue weighted by Gasteiger charge is -2.68. The van der Waals surface area contributed by atoms with Crippen molar-refractivity contribution in [2.24, 2.45) is 34.5 Å². The second-order valence-electron chi connectivity index (χ2n) is 20.2. The van der Waals surface area contributed by atoms with E-state index in [1.54, 1.807) is 0 Å². The van der Waals surface area contributed by atoms with Crippen LogP contribution in [0.4, 0.5) is 0 Å². The van der Waals surface area contributed by atoms with Gasteiger partial charge in [-0.1, -0.05) is 26.8 Å². The maximum Gasteiger partial charge on any atom is 0.178 e. The average Bonchev–Trinajstić information content (AvgIpc) is 3.51. The number of benzene rings is 1. The molecule has 2 aromatic rings. The molecule has 12 atom stereocenters. The number of rotatable bonds is 1. The highest BCUT2D eigenvalue weighted by Gasteiger charge is 2.85. The van der Waals surface area contributed by atoms with Gasteiger partial charge in [-0.25, -0.2) is 0 Å². The molecule has 0 amide bonds. The molecule has 5 aliphatic carbocycles. The monoisotopic (exact) mass is 699 g/mol. The first-order valence-corrected chi connectivity index (χ1v) is 19.6. The Morgan fingerprint density at radius 2 is 1.65 bits per heavy atom. The minimum absolute atomic E-state index is 0. The fourth-order valence-corrected chi connectivity index (χ4v) is 14.3. The van der Waals surface area contributed by atoms with Gasteiger partial charge in [0.25, 0.3) is 0 Å². The van der Waals surface area contributed by atoms with Gasteiger partial charge in [0, 0.05) is 44.3 Å². The number of aromatic nitrogens is 1. The van der Waals surface area contributed by atoms with Gasteiger partial charge < -0.3 is 29.0 Å². The van der Waals surface area contributed by atoms with E-state index < -0.39 is 23.1 Å². The number of carbonyl (C=O) groups is 1. The molecule has 0 bridgehead atoms. The van der Waals surface area contributed by atoms with E-state index in [0.717, 1.165) is 56.0 Å². The largest absolute Gasteiger partial charge is 0.389 e. The first-order valence-electron chi connectivity index (χ1n) is 19.6. The maximum atomic E-state index is 14.3. The predicted octanol–water partition coefficient (Wildman–Crippen LogP) is 8.38. The minimum atomic E-state index is -0.889. The van der Waals surface area contributed by atoms with Gasteiger partial charge in [-0.05, 0) is 142 Å². The van der Waals surface area contributed by atoms with Crippen LogP contribution in [0.5, 0.6) is 0 Å². The Morgan fingerprint density at radius 3 is 2.37 bits per heavy atom. The van der Waals surface area contributed by atoms with Crippen molar-refractivity contribution in [3.05, 3.63) is 46.2 Å². The Labute approximate surface area is 304 Å². The molecule has 1 spiro atoms. The van der Waals surface area contributed by atoms with Crippen LogP contribution in [0.25, 0.3) is 10.9 Å². The smallest absolute Gasteiger partial charge is 0.178 e. The molecular weight excluding hydrogens is 638 g/mol. The molecule has 1 aromatic carbocycles. The molecule has 3 saturated carbocycles.